The highest BCUT2D eigenvalue weighted by Gasteiger charge is 2.15. The minimum atomic E-state index is 0.732. The lowest BCUT2D eigenvalue weighted by atomic mass is 9.93. The average Bonchev–Trinajstić information content (AvgIpc) is 3.40. The van der Waals surface area contributed by atoms with Crippen LogP contribution < -0.4 is 10.6 Å². The number of allylic oxidation sites excluding steroid dienone is 4. The number of fused-ring (bicyclic) bond motifs is 1. The van der Waals surface area contributed by atoms with Crippen molar-refractivity contribution in [2.45, 2.75) is 25.7 Å². The largest absolute Gasteiger partial charge is 0.259 e. The molecule has 2 aliphatic rings. The fourth-order valence-corrected chi connectivity index (χ4v) is 4.69. The zero-order chi connectivity index (χ0) is 22.0. The van der Waals surface area contributed by atoms with Gasteiger partial charge in [0.25, 0.3) is 0 Å². The number of pyridine rings is 1. The Morgan fingerprint density at radius 2 is 1.48 bits per heavy atom. The average molecular weight is 429 g/mol. The highest BCUT2D eigenvalue weighted by atomic mass is 15.2. The van der Waals surface area contributed by atoms with Crippen LogP contribution in [0.5, 0.6) is 0 Å². The van der Waals surface area contributed by atoms with Crippen LogP contribution in [0.4, 0.5) is 0 Å². The SMILES string of the molecule is C1=C(c2ccccc2)CCC(c2nc(-c3ccc(C4=c5ncccc5=CCC4)cc3)n[nH]2)=C1. The normalized spacial score (nSPS) is 15.3. The minimum Gasteiger partial charge on any atom is -0.259 e. The molecule has 0 bridgehead atoms. The summed E-state index contributed by atoms with van der Waals surface area (Å²) in [6.07, 6.45) is 12.5. The summed E-state index contributed by atoms with van der Waals surface area (Å²) in [5.41, 5.74) is 7.39. The first-order valence-corrected chi connectivity index (χ1v) is 11.5. The van der Waals surface area contributed by atoms with Crippen LogP contribution in [0, 0.1) is 0 Å². The Morgan fingerprint density at radius 3 is 2.30 bits per heavy atom. The van der Waals surface area contributed by atoms with Crippen molar-refractivity contribution in [1.82, 2.24) is 20.2 Å². The Kier molecular flexibility index (Phi) is 5.04. The molecule has 1 N–H and O–H groups in total. The molecule has 0 radical (unpaired) electrons. The molecule has 0 atom stereocenters. The summed E-state index contributed by atoms with van der Waals surface area (Å²) in [5.74, 6) is 1.59. The molecule has 6 rings (SSSR count). The van der Waals surface area contributed by atoms with Gasteiger partial charge in [-0.15, -0.1) is 0 Å². The van der Waals surface area contributed by atoms with Gasteiger partial charge in [-0.05, 0) is 64.8 Å². The summed E-state index contributed by atoms with van der Waals surface area (Å²) in [4.78, 5) is 9.42. The fraction of sp³-hybridized carbons (Fsp3) is 0.138. The predicted molar refractivity (Wildman–Crippen MR) is 133 cm³/mol. The zero-order valence-electron chi connectivity index (χ0n) is 18.3. The van der Waals surface area contributed by atoms with Crippen molar-refractivity contribution in [2.75, 3.05) is 0 Å². The number of hydrogen-bond donors (Lipinski definition) is 1. The lowest BCUT2D eigenvalue weighted by Gasteiger charge is -2.13. The summed E-state index contributed by atoms with van der Waals surface area (Å²) in [6, 6.07) is 23.3. The van der Waals surface area contributed by atoms with Gasteiger partial charge >= 0.3 is 0 Å². The number of nitrogens with zero attached hydrogens (tertiary/aromatic N) is 3. The van der Waals surface area contributed by atoms with E-state index in [4.69, 9.17) is 4.98 Å². The Bertz CT molecular complexity index is 1490. The number of hydrogen-bond acceptors (Lipinski definition) is 3. The topological polar surface area (TPSA) is 54.5 Å². The van der Waals surface area contributed by atoms with Crippen molar-refractivity contribution < 1.29 is 0 Å². The van der Waals surface area contributed by atoms with Gasteiger partial charge in [-0.3, -0.25) is 10.1 Å². The van der Waals surface area contributed by atoms with Crippen molar-refractivity contribution in [2.24, 2.45) is 0 Å². The number of aromatic nitrogens is 4. The lowest BCUT2D eigenvalue weighted by molar-refractivity contribution is 1.01. The molecule has 33 heavy (non-hydrogen) atoms. The zero-order valence-corrected chi connectivity index (χ0v) is 18.3. The van der Waals surface area contributed by atoms with E-state index in [1.54, 1.807) is 0 Å². The van der Waals surface area contributed by atoms with Gasteiger partial charge in [0.15, 0.2) is 11.6 Å². The number of rotatable bonds is 4. The standard InChI is InChI=1S/C29H24N4/c1-2-6-20(7-3-1)21-11-15-24(16-12-21)28-31-29(33-32-28)25-17-13-22(14-18-25)26-10-4-8-23-9-5-19-30-27(23)26/h1-3,5-9,11,13-15,17-19H,4,10,12,16H2,(H,31,32,33). The molecule has 2 aliphatic carbocycles. The van der Waals surface area contributed by atoms with Gasteiger partial charge in [0, 0.05) is 11.8 Å². The van der Waals surface area contributed by atoms with Crippen LogP contribution in [-0.4, -0.2) is 20.2 Å². The Balaban J connectivity index is 1.26. The summed E-state index contributed by atoms with van der Waals surface area (Å²) in [6.45, 7) is 0. The van der Waals surface area contributed by atoms with Crippen LogP contribution in [0.25, 0.3) is 34.2 Å². The Morgan fingerprint density at radius 1 is 0.697 bits per heavy atom. The molecule has 0 saturated heterocycles. The molecule has 0 spiro atoms. The fourth-order valence-electron chi connectivity index (χ4n) is 4.69. The highest BCUT2D eigenvalue weighted by molar-refractivity contribution is 5.77. The lowest BCUT2D eigenvalue weighted by Crippen LogP contribution is -2.32. The second-order valence-corrected chi connectivity index (χ2v) is 8.50. The van der Waals surface area contributed by atoms with Crippen molar-refractivity contribution in [3.8, 4) is 11.4 Å². The summed E-state index contributed by atoms with van der Waals surface area (Å²) in [5, 5.41) is 9.97. The van der Waals surface area contributed by atoms with Crippen molar-refractivity contribution in [3.63, 3.8) is 0 Å². The van der Waals surface area contributed by atoms with E-state index in [0.717, 1.165) is 48.2 Å². The number of nitrogens with one attached hydrogen (secondary N) is 1. The maximum absolute atomic E-state index is 4.79. The molecule has 2 aromatic heterocycles. The van der Waals surface area contributed by atoms with E-state index in [9.17, 15) is 0 Å². The predicted octanol–water partition coefficient (Wildman–Crippen LogP) is 4.90. The molecule has 0 amide bonds. The molecular formula is C29H24N4. The van der Waals surface area contributed by atoms with Gasteiger partial charge in [-0.25, -0.2) is 4.98 Å². The second kappa shape index (κ2) is 8.47. The van der Waals surface area contributed by atoms with Gasteiger partial charge in [0.1, 0.15) is 0 Å². The van der Waals surface area contributed by atoms with E-state index in [1.165, 1.54) is 33.1 Å². The first kappa shape index (κ1) is 19.6. The van der Waals surface area contributed by atoms with Crippen LogP contribution >= 0.6 is 0 Å². The monoisotopic (exact) mass is 428 g/mol. The first-order chi connectivity index (χ1) is 16.3. The number of aromatic amines is 1. The molecule has 0 saturated carbocycles. The van der Waals surface area contributed by atoms with E-state index in [-0.39, 0.29) is 0 Å². The molecule has 0 unspecified atom stereocenters. The molecule has 4 nitrogen and oxygen atoms in total. The molecule has 2 heterocycles. The van der Waals surface area contributed by atoms with E-state index >= 15 is 0 Å². The van der Waals surface area contributed by atoms with Gasteiger partial charge < -0.3 is 0 Å². The summed E-state index contributed by atoms with van der Waals surface area (Å²) < 4.78 is 0. The third-order valence-electron chi connectivity index (χ3n) is 6.46. The Labute approximate surface area is 192 Å². The second-order valence-electron chi connectivity index (χ2n) is 8.50. The van der Waals surface area contributed by atoms with Crippen LogP contribution in [0.2, 0.25) is 0 Å². The molecule has 4 heteroatoms. The summed E-state index contributed by atoms with van der Waals surface area (Å²) >= 11 is 0. The molecule has 2 aromatic carbocycles. The van der Waals surface area contributed by atoms with Crippen molar-refractivity contribution in [3.05, 3.63) is 113 Å². The number of H-pyrrole nitrogens is 1. The maximum Gasteiger partial charge on any atom is 0.181 e. The van der Waals surface area contributed by atoms with Gasteiger partial charge in [0.05, 0.1) is 5.35 Å². The third-order valence-corrected chi connectivity index (χ3v) is 6.46. The van der Waals surface area contributed by atoms with Crippen LogP contribution in [0.1, 0.15) is 42.6 Å². The van der Waals surface area contributed by atoms with E-state index in [2.05, 4.69) is 94.1 Å². The third kappa shape index (κ3) is 3.85. The van der Waals surface area contributed by atoms with Crippen LogP contribution in [0.15, 0.2) is 85.1 Å². The van der Waals surface area contributed by atoms with Crippen LogP contribution in [0.3, 0.4) is 0 Å². The number of benzene rings is 2. The van der Waals surface area contributed by atoms with Gasteiger partial charge in [-0.1, -0.05) is 78.9 Å². The Hall–Kier alpha value is -4.05. The van der Waals surface area contributed by atoms with E-state index in [1.807, 2.05) is 12.3 Å². The molecular weight excluding hydrogens is 404 g/mol. The van der Waals surface area contributed by atoms with Crippen molar-refractivity contribution >= 4 is 22.8 Å². The van der Waals surface area contributed by atoms with E-state index in [0.29, 0.717) is 0 Å². The molecule has 0 aliphatic heterocycles. The quantitative estimate of drug-likeness (QED) is 0.503. The summed E-state index contributed by atoms with van der Waals surface area (Å²) in [7, 11) is 0. The van der Waals surface area contributed by atoms with Crippen molar-refractivity contribution in [1.29, 1.82) is 0 Å². The van der Waals surface area contributed by atoms with Crippen LogP contribution in [-0.2, 0) is 0 Å². The minimum absolute atomic E-state index is 0.732. The van der Waals surface area contributed by atoms with Gasteiger partial charge in [-0.2, -0.15) is 5.10 Å². The first-order valence-electron chi connectivity index (χ1n) is 11.5. The van der Waals surface area contributed by atoms with Gasteiger partial charge in [0.2, 0.25) is 0 Å². The molecule has 4 aromatic rings. The maximum atomic E-state index is 4.79. The molecule has 160 valence electrons. The van der Waals surface area contributed by atoms with E-state index < -0.39 is 0 Å². The smallest absolute Gasteiger partial charge is 0.181 e. The highest BCUT2D eigenvalue weighted by Crippen LogP contribution is 2.31. The molecule has 0 fully saturated rings.